The van der Waals surface area contributed by atoms with Crippen LogP contribution < -0.4 is 5.73 Å². The lowest BCUT2D eigenvalue weighted by Crippen LogP contribution is -2.15. The molecule has 5 nitrogen and oxygen atoms in total. The Labute approximate surface area is 85.9 Å². The summed E-state index contributed by atoms with van der Waals surface area (Å²) in [4.78, 5) is 12.1. The van der Waals surface area contributed by atoms with Crippen molar-refractivity contribution < 1.29 is 0 Å². The van der Waals surface area contributed by atoms with Gasteiger partial charge in [-0.2, -0.15) is 0 Å². The Hall–Kier alpha value is -1.20. The molecule has 2 N–H and O–H groups in total. The Morgan fingerprint density at radius 3 is 3.00 bits per heavy atom. The SMILES string of the molecule is CC(CN)n1cnc2c(Cl)ncnc21. The number of nitrogens with two attached hydrogens (primary N) is 1. The molecule has 1 unspecified atom stereocenters. The highest BCUT2D eigenvalue weighted by Crippen LogP contribution is 2.19. The van der Waals surface area contributed by atoms with Gasteiger partial charge in [-0.25, -0.2) is 15.0 Å². The van der Waals surface area contributed by atoms with Crippen LogP contribution in [0, 0.1) is 0 Å². The van der Waals surface area contributed by atoms with Gasteiger partial charge < -0.3 is 10.3 Å². The lowest BCUT2D eigenvalue weighted by molar-refractivity contribution is 0.569. The molecule has 0 radical (unpaired) electrons. The predicted octanol–water partition coefficient (Wildman–Crippen LogP) is 0.999. The number of nitrogens with zero attached hydrogens (tertiary/aromatic N) is 4. The molecule has 2 aromatic rings. The van der Waals surface area contributed by atoms with Crippen molar-refractivity contribution in [1.29, 1.82) is 0 Å². The summed E-state index contributed by atoms with van der Waals surface area (Å²) in [7, 11) is 0. The van der Waals surface area contributed by atoms with Crippen LogP contribution in [-0.2, 0) is 0 Å². The first-order chi connectivity index (χ1) is 6.74. The maximum Gasteiger partial charge on any atom is 0.165 e. The molecule has 0 aromatic carbocycles. The Morgan fingerprint density at radius 1 is 1.50 bits per heavy atom. The number of aromatic nitrogens is 4. The van der Waals surface area contributed by atoms with Crippen LogP contribution in [0.2, 0.25) is 5.15 Å². The van der Waals surface area contributed by atoms with Crippen molar-refractivity contribution in [2.24, 2.45) is 5.73 Å². The fourth-order valence-corrected chi connectivity index (χ4v) is 1.44. The largest absolute Gasteiger partial charge is 0.328 e. The number of hydrogen-bond donors (Lipinski definition) is 1. The van der Waals surface area contributed by atoms with Gasteiger partial charge in [-0.15, -0.1) is 0 Å². The number of fused-ring (bicyclic) bond motifs is 1. The molecule has 0 aliphatic heterocycles. The lowest BCUT2D eigenvalue weighted by Gasteiger charge is -2.09. The molecule has 0 saturated carbocycles. The van der Waals surface area contributed by atoms with E-state index in [-0.39, 0.29) is 6.04 Å². The third-order valence-electron chi connectivity index (χ3n) is 2.13. The average molecular weight is 212 g/mol. The van der Waals surface area contributed by atoms with Gasteiger partial charge in [0.05, 0.1) is 6.33 Å². The smallest absolute Gasteiger partial charge is 0.165 e. The standard InChI is InChI=1S/C8H10ClN5/c1-5(2-10)14-4-13-6-7(9)11-3-12-8(6)14/h3-5H,2,10H2,1H3. The Kier molecular flexibility index (Phi) is 2.35. The summed E-state index contributed by atoms with van der Waals surface area (Å²) in [5.74, 6) is 0. The normalized spacial score (nSPS) is 13.4. The van der Waals surface area contributed by atoms with Crippen molar-refractivity contribution in [3.63, 3.8) is 0 Å². The number of imidazole rings is 1. The van der Waals surface area contributed by atoms with E-state index in [0.717, 1.165) is 5.65 Å². The zero-order chi connectivity index (χ0) is 10.1. The van der Waals surface area contributed by atoms with E-state index in [2.05, 4.69) is 15.0 Å². The minimum absolute atomic E-state index is 0.158. The summed E-state index contributed by atoms with van der Waals surface area (Å²) >= 11 is 5.86. The molecule has 1 atom stereocenters. The van der Waals surface area contributed by atoms with E-state index < -0.39 is 0 Å². The molecule has 14 heavy (non-hydrogen) atoms. The molecule has 2 rings (SSSR count). The van der Waals surface area contributed by atoms with Gasteiger partial charge in [0.2, 0.25) is 0 Å². The first kappa shape index (κ1) is 9.36. The predicted molar refractivity (Wildman–Crippen MR) is 54.1 cm³/mol. The van der Waals surface area contributed by atoms with Crippen LogP contribution >= 0.6 is 11.6 Å². The molecule has 2 heterocycles. The molecule has 2 aromatic heterocycles. The number of rotatable bonds is 2. The van der Waals surface area contributed by atoms with Crippen molar-refractivity contribution >= 4 is 22.8 Å². The molecule has 0 bridgehead atoms. The van der Waals surface area contributed by atoms with E-state index in [1.54, 1.807) is 6.33 Å². The Balaban J connectivity index is 2.63. The summed E-state index contributed by atoms with van der Waals surface area (Å²) in [5.41, 5.74) is 6.91. The average Bonchev–Trinajstić information content (AvgIpc) is 2.62. The third kappa shape index (κ3) is 1.34. The van der Waals surface area contributed by atoms with Gasteiger partial charge >= 0.3 is 0 Å². The van der Waals surface area contributed by atoms with E-state index >= 15 is 0 Å². The molecule has 74 valence electrons. The van der Waals surface area contributed by atoms with Crippen LogP contribution in [-0.4, -0.2) is 26.1 Å². The lowest BCUT2D eigenvalue weighted by atomic mass is 10.3. The molecule has 0 spiro atoms. The fourth-order valence-electron chi connectivity index (χ4n) is 1.26. The van der Waals surface area contributed by atoms with Gasteiger partial charge in [-0.3, -0.25) is 0 Å². The minimum atomic E-state index is 0.158. The Morgan fingerprint density at radius 2 is 2.29 bits per heavy atom. The Bertz CT molecular complexity index is 452. The highest BCUT2D eigenvalue weighted by Gasteiger charge is 2.11. The zero-order valence-electron chi connectivity index (χ0n) is 7.68. The van der Waals surface area contributed by atoms with Crippen LogP contribution in [0.4, 0.5) is 0 Å². The van der Waals surface area contributed by atoms with Crippen LogP contribution in [0.15, 0.2) is 12.7 Å². The van der Waals surface area contributed by atoms with Crippen LogP contribution in [0.3, 0.4) is 0 Å². The second kappa shape index (κ2) is 3.51. The maximum atomic E-state index is 5.86. The van der Waals surface area contributed by atoms with E-state index in [1.165, 1.54) is 6.33 Å². The monoisotopic (exact) mass is 211 g/mol. The summed E-state index contributed by atoms with van der Waals surface area (Å²) < 4.78 is 1.89. The van der Waals surface area contributed by atoms with Crippen molar-refractivity contribution in [3.05, 3.63) is 17.8 Å². The van der Waals surface area contributed by atoms with Crippen LogP contribution in [0.5, 0.6) is 0 Å². The summed E-state index contributed by atoms with van der Waals surface area (Å²) in [5, 5.41) is 0.373. The topological polar surface area (TPSA) is 69.6 Å². The second-order valence-corrected chi connectivity index (χ2v) is 3.43. The van der Waals surface area contributed by atoms with Gasteiger partial charge in [0.25, 0.3) is 0 Å². The van der Waals surface area contributed by atoms with E-state index in [0.29, 0.717) is 17.2 Å². The zero-order valence-corrected chi connectivity index (χ0v) is 8.44. The van der Waals surface area contributed by atoms with Crippen LogP contribution in [0.25, 0.3) is 11.2 Å². The molecule has 0 aliphatic rings. The van der Waals surface area contributed by atoms with Gasteiger partial charge in [0.1, 0.15) is 11.8 Å². The van der Waals surface area contributed by atoms with E-state index in [4.69, 9.17) is 17.3 Å². The number of halogens is 1. The third-order valence-corrected chi connectivity index (χ3v) is 2.41. The van der Waals surface area contributed by atoms with E-state index in [1.807, 2.05) is 11.5 Å². The highest BCUT2D eigenvalue weighted by atomic mass is 35.5. The van der Waals surface area contributed by atoms with Crippen LogP contribution in [0.1, 0.15) is 13.0 Å². The van der Waals surface area contributed by atoms with Crippen molar-refractivity contribution in [2.75, 3.05) is 6.54 Å². The molecule has 0 fully saturated rings. The van der Waals surface area contributed by atoms with Gasteiger partial charge in [-0.1, -0.05) is 11.6 Å². The number of hydrogen-bond acceptors (Lipinski definition) is 4. The molecule has 6 heteroatoms. The molecule has 0 saturated heterocycles. The highest BCUT2D eigenvalue weighted by molar-refractivity contribution is 6.33. The quantitative estimate of drug-likeness (QED) is 0.753. The molecular weight excluding hydrogens is 202 g/mol. The summed E-state index contributed by atoms with van der Waals surface area (Å²) in [6, 6.07) is 0.158. The van der Waals surface area contributed by atoms with Crippen molar-refractivity contribution in [2.45, 2.75) is 13.0 Å². The van der Waals surface area contributed by atoms with E-state index in [9.17, 15) is 0 Å². The first-order valence-corrected chi connectivity index (χ1v) is 4.65. The maximum absolute atomic E-state index is 5.86. The van der Waals surface area contributed by atoms with Gasteiger partial charge in [0, 0.05) is 12.6 Å². The van der Waals surface area contributed by atoms with Crippen molar-refractivity contribution in [3.8, 4) is 0 Å². The molecule has 0 amide bonds. The second-order valence-electron chi connectivity index (χ2n) is 3.07. The molecule has 0 aliphatic carbocycles. The van der Waals surface area contributed by atoms with Gasteiger partial charge in [0.15, 0.2) is 10.8 Å². The first-order valence-electron chi connectivity index (χ1n) is 4.27. The van der Waals surface area contributed by atoms with Gasteiger partial charge in [-0.05, 0) is 6.92 Å². The van der Waals surface area contributed by atoms with Crippen molar-refractivity contribution in [1.82, 2.24) is 19.5 Å². The summed E-state index contributed by atoms with van der Waals surface area (Å²) in [6.45, 7) is 2.53. The molecular formula is C8H10ClN5. The summed E-state index contributed by atoms with van der Waals surface area (Å²) in [6.07, 6.45) is 3.11. The fraction of sp³-hybridized carbons (Fsp3) is 0.375. The minimum Gasteiger partial charge on any atom is -0.328 e.